The Labute approximate surface area is 135 Å². The maximum absolute atomic E-state index is 3.72. The zero-order valence-corrected chi connectivity index (χ0v) is 14.9. The maximum Gasteiger partial charge on any atom is 0.0207 e. The molecule has 0 spiro atoms. The highest BCUT2D eigenvalue weighted by molar-refractivity contribution is 7.99. The molecule has 1 aromatic rings. The monoisotopic (exact) mass is 305 g/mol. The van der Waals surface area contributed by atoms with Gasteiger partial charge < -0.3 is 5.32 Å². The fourth-order valence-electron chi connectivity index (χ4n) is 3.45. The molecule has 3 unspecified atom stereocenters. The van der Waals surface area contributed by atoms with Gasteiger partial charge in [-0.1, -0.05) is 50.6 Å². The normalized spacial score (nSPS) is 26.2. The van der Waals surface area contributed by atoms with Gasteiger partial charge in [-0.25, -0.2) is 0 Å². The van der Waals surface area contributed by atoms with Crippen LogP contribution in [0.15, 0.2) is 24.3 Å². The zero-order valence-electron chi connectivity index (χ0n) is 14.1. The van der Waals surface area contributed by atoms with Crippen LogP contribution in [0.4, 0.5) is 0 Å². The molecule has 0 amide bonds. The minimum atomic E-state index is 0.708. The topological polar surface area (TPSA) is 12.0 Å². The third-order valence-electron chi connectivity index (χ3n) is 4.79. The Hall–Kier alpha value is -0.470. The van der Waals surface area contributed by atoms with Crippen molar-refractivity contribution >= 4 is 11.8 Å². The summed E-state index contributed by atoms with van der Waals surface area (Å²) in [6.45, 7) is 10.3. The molecular formula is C19H31NS. The van der Waals surface area contributed by atoms with E-state index >= 15 is 0 Å². The minimum Gasteiger partial charge on any atom is -0.313 e. The first-order chi connectivity index (χ1) is 10.1. The standard InChI is InChI=1S/C19H31NS/c1-5-20-18-10-9-17(14(2)3)12-19(18)21-13-16-8-6-7-15(4)11-16/h6-8,11,14,17-20H,5,9-10,12-13H2,1-4H3. The van der Waals surface area contributed by atoms with E-state index in [1.54, 1.807) is 0 Å². The Morgan fingerprint density at radius 1 is 1.29 bits per heavy atom. The van der Waals surface area contributed by atoms with Gasteiger partial charge in [-0.3, -0.25) is 0 Å². The molecule has 2 rings (SSSR count). The fourth-order valence-corrected chi connectivity index (χ4v) is 4.88. The molecule has 1 fully saturated rings. The second-order valence-electron chi connectivity index (χ2n) is 6.82. The van der Waals surface area contributed by atoms with Gasteiger partial charge in [0.2, 0.25) is 0 Å². The molecule has 1 N–H and O–H groups in total. The molecule has 1 aliphatic carbocycles. The van der Waals surface area contributed by atoms with Crippen LogP contribution in [0.2, 0.25) is 0 Å². The Kier molecular flexibility index (Phi) is 6.63. The summed E-state index contributed by atoms with van der Waals surface area (Å²) in [6, 6.07) is 9.68. The highest BCUT2D eigenvalue weighted by Crippen LogP contribution is 2.37. The fraction of sp³-hybridized carbons (Fsp3) is 0.684. The van der Waals surface area contributed by atoms with E-state index in [1.165, 1.54) is 30.4 Å². The van der Waals surface area contributed by atoms with Crippen molar-refractivity contribution in [2.24, 2.45) is 11.8 Å². The molecule has 1 nitrogen and oxygen atoms in total. The molecule has 3 atom stereocenters. The molecule has 0 saturated heterocycles. The molecule has 0 bridgehead atoms. The van der Waals surface area contributed by atoms with Crippen LogP contribution in [0.3, 0.4) is 0 Å². The predicted molar refractivity (Wildman–Crippen MR) is 95.9 cm³/mol. The summed E-state index contributed by atoms with van der Waals surface area (Å²) in [5.41, 5.74) is 2.85. The molecular weight excluding hydrogens is 274 g/mol. The number of rotatable bonds is 6. The third-order valence-corrected chi connectivity index (χ3v) is 6.24. The van der Waals surface area contributed by atoms with Crippen molar-refractivity contribution in [3.05, 3.63) is 35.4 Å². The van der Waals surface area contributed by atoms with Crippen LogP contribution in [0.25, 0.3) is 0 Å². The second kappa shape index (κ2) is 8.24. The van der Waals surface area contributed by atoms with Crippen LogP contribution >= 0.6 is 11.8 Å². The first-order valence-corrected chi connectivity index (χ1v) is 9.55. The lowest BCUT2D eigenvalue weighted by Crippen LogP contribution is -2.43. The largest absolute Gasteiger partial charge is 0.313 e. The van der Waals surface area contributed by atoms with Crippen LogP contribution in [-0.2, 0) is 5.75 Å². The molecule has 0 heterocycles. The highest BCUT2D eigenvalue weighted by atomic mass is 32.2. The van der Waals surface area contributed by atoms with E-state index in [-0.39, 0.29) is 0 Å². The van der Waals surface area contributed by atoms with Crippen LogP contribution in [0.1, 0.15) is 51.2 Å². The van der Waals surface area contributed by atoms with Crippen LogP contribution in [-0.4, -0.2) is 17.8 Å². The molecule has 0 radical (unpaired) electrons. The van der Waals surface area contributed by atoms with Gasteiger partial charge in [-0.05, 0) is 50.1 Å². The van der Waals surface area contributed by atoms with Crippen molar-refractivity contribution in [2.75, 3.05) is 6.54 Å². The smallest absolute Gasteiger partial charge is 0.0207 e. The van der Waals surface area contributed by atoms with Crippen molar-refractivity contribution in [2.45, 2.75) is 64.0 Å². The third kappa shape index (κ3) is 5.03. The molecule has 21 heavy (non-hydrogen) atoms. The Morgan fingerprint density at radius 2 is 2.10 bits per heavy atom. The minimum absolute atomic E-state index is 0.708. The molecule has 1 saturated carbocycles. The van der Waals surface area contributed by atoms with Crippen molar-refractivity contribution in [3.8, 4) is 0 Å². The average molecular weight is 306 g/mol. The van der Waals surface area contributed by atoms with Gasteiger partial charge in [0, 0.05) is 17.0 Å². The van der Waals surface area contributed by atoms with E-state index in [9.17, 15) is 0 Å². The molecule has 118 valence electrons. The van der Waals surface area contributed by atoms with E-state index < -0.39 is 0 Å². The van der Waals surface area contributed by atoms with E-state index in [4.69, 9.17) is 0 Å². The Bertz CT molecular complexity index is 429. The summed E-state index contributed by atoms with van der Waals surface area (Å²) in [5, 5.41) is 4.49. The number of thioether (sulfide) groups is 1. The first kappa shape index (κ1) is 16.9. The van der Waals surface area contributed by atoms with Crippen molar-refractivity contribution in [3.63, 3.8) is 0 Å². The SMILES string of the molecule is CCNC1CCC(C(C)C)CC1SCc1cccc(C)c1. The van der Waals surface area contributed by atoms with Crippen LogP contribution < -0.4 is 5.32 Å². The Morgan fingerprint density at radius 3 is 2.76 bits per heavy atom. The van der Waals surface area contributed by atoms with Gasteiger partial charge in [-0.2, -0.15) is 11.8 Å². The quantitative estimate of drug-likeness (QED) is 0.791. The maximum atomic E-state index is 3.72. The van der Waals surface area contributed by atoms with E-state index in [2.05, 4.69) is 69.0 Å². The zero-order chi connectivity index (χ0) is 15.2. The lowest BCUT2D eigenvalue weighted by Gasteiger charge is -2.38. The molecule has 1 aromatic carbocycles. The molecule has 2 heteroatoms. The van der Waals surface area contributed by atoms with Crippen molar-refractivity contribution < 1.29 is 0 Å². The second-order valence-corrected chi connectivity index (χ2v) is 8.05. The summed E-state index contributed by atoms with van der Waals surface area (Å²) in [5.74, 6) is 2.89. The number of hydrogen-bond acceptors (Lipinski definition) is 2. The summed E-state index contributed by atoms with van der Waals surface area (Å²) in [4.78, 5) is 0. The Balaban J connectivity index is 1.95. The van der Waals surface area contributed by atoms with E-state index in [0.29, 0.717) is 6.04 Å². The summed E-state index contributed by atoms with van der Waals surface area (Å²) in [7, 11) is 0. The predicted octanol–water partition coefficient (Wildman–Crippen LogP) is 5.03. The highest BCUT2D eigenvalue weighted by Gasteiger charge is 2.31. The molecule has 0 aromatic heterocycles. The number of benzene rings is 1. The van der Waals surface area contributed by atoms with Crippen LogP contribution in [0, 0.1) is 18.8 Å². The summed E-state index contributed by atoms with van der Waals surface area (Å²) in [6.07, 6.45) is 4.13. The van der Waals surface area contributed by atoms with Gasteiger partial charge in [0.15, 0.2) is 0 Å². The lowest BCUT2D eigenvalue weighted by molar-refractivity contribution is 0.247. The van der Waals surface area contributed by atoms with Gasteiger partial charge in [0.25, 0.3) is 0 Å². The number of aryl methyl sites for hydroxylation is 1. The van der Waals surface area contributed by atoms with Crippen molar-refractivity contribution in [1.82, 2.24) is 5.32 Å². The van der Waals surface area contributed by atoms with E-state index in [1.807, 2.05) is 0 Å². The first-order valence-electron chi connectivity index (χ1n) is 8.50. The van der Waals surface area contributed by atoms with Gasteiger partial charge >= 0.3 is 0 Å². The van der Waals surface area contributed by atoms with Crippen molar-refractivity contribution in [1.29, 1.82) is 0 Å². The van der Waals surface area contributed by atoms with Gasteiger partial charge in [0.05, 0.1) is 0 Å². The molecule has 0 aliphatic heterocycles. The summed E-state index contributed by atoms with van der Waals surface area (Å²) >= 11 is 2.17. The van der Waals surface area contributed by atoms with E-state index in [0.717, 1.165) is 29.4 Å². The van der Waals surface area contributed by atoms with Crippen LogP contribution in [0.5, 0.6) is 0 Å². The van der Waals surface area contributed by atoms with Gasteiger partial charge in [-0.15, -0.1) is 0 Å². The van der Waals surface area contributed by atoms with Gasteiger partial charge in [0.1, 0.15) is 0 Å². The molecule has 1 aliphatic rings. The summed E-state index contributed by atoms with van der Waals surface area (Å²) < 4.78 is 0. The number of nitrogens with one attached hydrogen (secondary N) is 1. The lowest BCUT2D eigenvalue weighted by atomic mass is 9.79. The number of hydrogen-bond donors (Lipinski definition) is 1. The average Bonchev–Trinajstić information content (AvgIpc) is 2.46.